The molecular formula is C32H45N3O4. The largest absolute Gasteiger partial charge is 0.378 e. The lowest BCUT2D eigenvalue weighted by atomic mass is 9.81. The van der Waals surface area contributed by atoms with Crippen molar-refractivity contribution in [2.45, 2.75) is 65.3 Å². The highest BCUT2D eigenvalue weighted by Gasteiger charge is 2.32. The van der Waals surface area contributed by atoms with E-state index in [2.05, 4.69) is 59.7 Å². The standard InChI is InChI=1S/C32H45N3O4/c1-4-38-39-23-24(2)14-15-27-25(3)35-17-16-34(22-30(36)33-18-20-37-21-19-33)29-13-9-8-12-28(29)32(35)31(27)26-10-6-5-7-11-26/h8-9,12-15,24,26H,4-7,10-11,16-23H2,1-3H3/b15-14-. The van der Waals surface area contributed by atoms with Crippen LogP contribution in [0, 0.1) is 12.8 Å². The molecule has 0 bridgehead atoms. The summed E-state index contributed by atoms with van der Waals surface area (Å²) in [4.78, 5) is 28.0. The van der Waals surface area contributed by atoms with E-state index in [1.807, 2.05) is 11.8 Å². The predicted octanol–water partition coefficient (Wildman–Crippen LogP) is 5.81. The maximum atomic E-state index is 13.3. The molecule has 3 heterocycles. The molecule has 5 rings (SSSR count). The van der Waals surface area contributed by atoms with Gasteiger partial charge >= 0.3 is 0 Å². The van der Waals surface area contributed by atoms with E-state index in [0.29, 0.717) is 52.0 Å². The number of rotatable bonds is 9. The van der Waals surface area contributed by atoms with Crippen molar-refractivity contribution in [2.24, 2.45) is 5.92 Å². The minimum atomic E-state index is 0.191. The van der Waals surface area contributed by atoms with Crippen LogP contribution >= 0.6 is 0 Å². The van der Waals surface area contributed by atoms with Crippen LogP contribution in [0.25, 0.3) is 17.3 Å². The average Bonchev–Trinajstić information content (AvgIpc) is 3.15. The number of amides is 1. The number of para-hydroxylation sites is 1. The summed E-state index contributed by atoms with van der Waals surface area (Å²) in [7, 11) is 0. The zero-order valence-corrected chi connectivity index (χ0v) is 24.0. The van der Waals surface area contributed by atoms with Gasteiger partial charge in [0.1, 0.15) is 0 Å². The number of carbonyl (C=O) groups is 1. The van der Waals surface area contributed by atoms with E-state index in [1.165, 1.54) is 65.9 Å². The number of hydrogen-bond donors (Lipinski definition) is 0. The fraction of sp³-hybridized carbons (Fsp3) is 0.594. The molecule has 1 saturated heterocycles. The molecule has 2 fully saturated rings. The number of fused-ring (bicyclic) bond motifs is 3. The summed E-state index contributed by atoms with van der Waals surface area (Å²) >= 11 is 0. The quantitative estimate of drug-likeness (QED) is 0.231. The lowest BCUT2D eigenvalue weighted by molar-refractivity contribution is -0.295. The van der Waals surface area contributed by atoms with E-state index in [1.54, 1.807) is 0 Å². The van der Waals surface area contributed by atoms with Crippen molar-refractivity contribution in [1.82, 2.24) is 9.47 Å². The second-order valence-corrected chi connectivity index (χ2v) is 11.2. The Kier molecular flexibility index (Phi) is 9.43. The highest BCUT2D eigenvalue weighted by atomic mass is 17.2. The maximum absolute atomic E-state index is 13.3. The number of hydrogen-bond acceptors (Lipinski definition) is 5. The number of aromatic nitrogens is 1. The molecule has 212 valence electrons. The predicted molar refractivity (Wildman–Crippen MR) is 156 cm³/mol. The second-order valence-electron chi connectivity index (χ2n) is 11.2. The van der Waals surface area contributed by atoms with Gasteiger partial charge in [-0.2, -0.15) is 0 Å². The van der Waals surface area contributed by atoms with Gasteiger partial charge in [-0.1, -0.05) is 56.5 Å². The fourth-order valence-corrected chi connectivity index (χ4v) is 6.45. The monoisotopic (exact) mass is 535 g/mol. The number of benzene rings is 1. The van der Waals surface area contributed by atoms with Crippen molar-refractivity contribution in [3.63, 3.8) is 0 Å². The molecule has 0 spiro atoms. The molecular weight excluding hydrogens is 490 g/mol. The van der Waals surface area contributed by atoms with E-state index in [9.17, 15) is 4.79 Å². The minimum Gasteiger partial charge on any atom is -0.378 e. The molecule has 1 saturated carbocycles. The number of anilines is 1. The molecule has 1 amide bonds. The van der Waals surface area contributed by atoms with E-state index >= 15 is 0 Å². The van der Waals surface area contributed by atoms with Gasteiger partial charge in [-0.05, 0) is 49.8 Å². The van der Waals surface area contributed by atoms with Crippen LogP contribution in [-0.4, -0.2) is 68.0 Å². The smallest absolute Gasteiger partial charge is 0.242 e. The average molecular weight is 536 g/mol. The third-order valence-electron chi connectivity index (χ3n) is 8.53. The Hall–Kier alpha value is -2.61. The Balaban J connectivity index is 1.51. The lowest BCUT2D eigenvalue weighted by Crippen LogP contribution is -2.46. The molecule has 1 aromatic carbocycles. The zero-order chi connectivity index (χ0) is 27.2. The van der Waals surface area contributed by atoms with E-state index in [0.717, 1.165) is 13.1 Å². The van der Waals surface area contributed by atoms with Crippen molar-refractivity contribution in [3.05, 3.63) is 47.2 Å². The number of morpholine rings is 1. The molecule has 39 heavy (non-hydrogen) atoms. The van der Waals surface area contributed by atoms with Crippen LogP contribution in [0.4, 0.5) is 5.69 Å². The highest BCUT2D eigenvalue weighted by molar-refractivity contribution is 5.87. The van der Waals surface area contributed by atoms with Gasteiger partial charge in [-0.25, -0.2) is 9.78 Å². The first kappa shape index (κ1) is 27.9. The van der Waals surface area contributed by atoms with Crippen LogP contribution in [0.15, 0.2) is 30.3 Å². The van der Waals surface area contributed by atoms with Crippen LogP contribution in [0.3, 0.4) is 0 Å². The molecule has 1 aliphatic carbocycles. The number of carbonyl (C=O) groups excluding carboxylic acids is 1. The Bertz CT molecular complexity index is 1140. The molecule has 3 aliphatic rings. The maximum Gasteiger partial charge on any atom is 0.242 e. The first-order valence-corrected chi connectivity index (χ1v) is 14.9. The van der Waals surface area contributed by atoms with Gasteiger partial charge in [0.15, 0.2) is 0 Å². The molecule has 0 radical (unpaired) electrons. The SMILES string of the molecule is CCOOCC(C)/C=C\c1c(C2CCCCC2)c2n(c1C)CCN(CC(=O)N1CCOCC1)c1ccccc1-2. The van der Waals surface area contributed by atoms with Crippen molar-refractivity contribution in [3.8, 4) is 11.3 Å². The minimum absolute atomic E-state index is 0.191. The molecule has 1 unspecified atom stereocenters. The third kappa shape index (κ3) is 6.26. The topological polar surface area (TPSA) is 56.2 Å². The number of ether oxygens (including phenoxy) is 1. The normalized spacial score (nSPS) is 19.2. The molecule has 2 aromatic rings. The van der Waals surface area contributed by atoms with Gasteiger partial charge < -0.3 is 19.1 Å². The summed E-state index contributed by atoms with van der Waals surface area (Å²) in [6.45, 7) is 12.2. The summed E-state index contributed by atoms with van der Waals surface area (Å²) in [5.74, 6) is 0.998. The fourth-order valence-electron chi connectivity index (χ4n) is 6.45. The van der Waals surface area contributed by atoms with Crippen LogP contribution < -0.4 is 4.90 Å². The summed E-state index contributed by atoms with van der Waals surface area (Å²) in [5, 5.41) is 0. The summed E-state index contributed by atoms with van der Waals surface area (Å²) in [6.07, 6.45) is 11.0. The summed E-state index contributed by atoms with van der Waals surface area (Å²) < 4.78 is 8.00. The Morgan fingerprint density at radius 3 is 2.62 bits per heavy atom. The summed E-state index contributed by atoms with van der Waals surface area (Å²) in [6, 6.07) is 8.72. The van der Waals surface area contributed by atoms with Gasteiger partial charge in [0.05, 0.1) is 38.7 Å². The molecule has 1 atom stereocenters. The Labute approximate surface area is 233 Å². The van der Waals surface area contributed by atoms with E-state index < -0.39 is 0 Å². The van der Waals surface area contributed by atoms with Crippen LogP contribution in [0.1, 0.15) is 68.7 Å². The third-order valence-corrected chi connectivity index (χ3v) is 8.53. The van der Waals surface area contributed by atoms with E-state index in [4.69, 9.17) is 14.5 Å². The van der Waals surface area contributed by atoms with Crippen molar-refractivity contribution in [2.75, 3.05) is 57.5 Å². The van der Waals surface area contributed by atoms with Crippen LogP contribution in [-0.2, 0) is 25.9 Å². The Morgan fingerprint density at radius 1 is 1.08 bits per heavy atom. The van der Waals surface area contributed by atoms with Crippen molar-refractivity contribution < 1.29 is 19.3 Å². The van der Waals surface area contributed by atoms with Gasteiger partial charge in [0.2, 0.25) is 5.91 Å². The van der Waals surface area contributed by atoms with E-state index in [-0.39, 0.29) is 11.8 Å². The number of nitrogens with zero attached hydrogens (tertiary/aromatic N) is 3. The second kappa shape index (κ2) is 13.2. The van der Waals surface area contributed by atoms with Crippen molar-refractivity contribution in [1.29, 1.82) is 0 Å². The molecule has 0 N–H and O–H groups in total. The van der Waals surface area contributed by atoms with Crippen LogP contribution in [0.5, 0.6) is 0 Å². The summed E-state index contributed by atoms with van der Waals surface area (Å²) in [5.41, 5.74) is 7.95. The molecule has 1 aromatic heterocycles. The van der Waals surface area contributed by atoms with Crippen LogP contribution in [0.2, 0.25) is 0 Å². The lowest BCUT2D eigenvalue weighted by Gasteiger charge is -2.31. The van der Waals surface area contributed by atoms with Gasteiger partial charge in [-0.15, -0.1) is 0 Å². The Morgan fingerprint density at radius 2 is 1.85 bits per heavy atom. The van der Waals surface area contributed by atoms with Gasteiger partial charge in [-0.3, -0.25) is 4.79 Å². The van der Waals surface area contributed by atoms with Crippen molar-refractivity contribution >= 4 is 17.7 Å². The molecule has 7 heteroatoms. The molecule has 2 aliphatic heterocycles. The highest BCUT2D eigenvalue weighted by Crippen LogP contribution is 2.46. The zero-order valence-electron chi connectivity index (χ0n) is 24.0. The first-order valence-electron chi connectivity index (χ1n) is 14.9. The van der Waals surface area contributed by atoms with Gasteiger partial charge in [0.25, 0.3) is 0 Å². The molecule has 7 nitrogen and oxygen atoms in total. The first-order chi connectivity index (χ1) is 19.1. The van der Waals surface area contributed by atoms with Gasteiger partial charge in [0, 0.05) is 49.0 Å².